The minimum Gasteiger partial charge on any atom is -0.395 e. The van der Waals surface area contributed by atoms with Crippen molar-refractivity contribution in [1.82, 2.24) is 4.90 Å². The van der Waals surface area contributed by atoms with Gasteiger partial charge in [0.05, 0.1) is 12.7 Å². The van der Waals surface area contributed by atoms with Crippen LogP contribution in [0.4, 0.5) is 0 Å². The second kappa shape index (κ2) is 6.38. The molecule has 0 spiro atoms. The molecule has 1 rings (SSSR count). The molecule has 0 aromatic carbocycles. The summed E-state index contributed by atoms with van der Waals surface area (Å²) in [5.41, 5.74) is 0. The third-order valence-electron chi connectivity index (χ3n) is 3.13. The summed E-state index contributed by atoms with van der Waals surface area (Å²) < 4.78 is 0. The van der Waals surface area contributed by atoms with E-state index in [1.807, 2.05) is 6.92 Å². The first kappa shape index (κ1) is 12.0. The predicted octanol–water partition coefficient (Wildman–Crippen LogP) is 0.994. The molecule has 3 nitrogen and oxygen atoms in total. The molecular weight excluding hydrogens is 178 g/mol. The summed E-state index contributed by atoms with van der Waals surface area (Å²) in [6.45, 7) is 3.98. The van der Waals surface area contributed by atoms with Gasteiger partial charge >= 0.3 is 0 Å². The largest absolute Gasteiger partial charge is 0.395 e. The maximum absolute atomic E-state index is 9.59. The number of nitrogens with zero attached hydrogens (tertiary/aromatic N) is 1. The Morgan fingerprint density at radius 2 is 2.14 bits per heavy atom. The van der Waals surface area contributed by atoms with Crippen molar-refractivity contribution in [1.29, 1.82) is 0 Å². The highest BCUT2D eigenvalue weighted by molar-refractivity contribution is 4.76. The monoisotopic (exact) mass is 201 g/mol. The van der Waals surface area contributed by atoms with Crippen LogP contribution in [0.1, 0.15) is 39.0 Å². The third kappa shape index (κ3) is 3.56. The van der Waals surface area contributed by atoms with Crippen LogP contribution in [0.3, 0.4) is 0 Å². The Labute approximate surface area is 86.7 Å². The standard InChI is InChI=1S/C11H23NO2/c1-2-11(14)8-12-7-5-3-4-6-10(12)9-13/h10-11,13-14H,2-9H2,1H3. The van der Waals surface area contributed by atoms with Crippen molar-refractivity contribution < 1.29 is 10.2 Å². The van der Waals surface area contributed by atoms with Gasteiger partial charge in [0.15, 0.2) is 0 Å². The first-order valence-electron chi connectivity index (χ1n) is 5.81. The zero-order valence-electron chi connectivity index (χ0n) is 9.15. The second-order valence-corrected chi connectivity index (χ2v) is 4.24. The molecule has 1 heterocycles. The van der Waals surface area contributed by atoms with Gasteiger partial charge in [0.25, 0.3) is 0 Å². The summed E-state index contributed by atoms with van der Waals surface area (Å²) in [6, 6.07) is 0.277. The average molecular weight is 201 g/mol. The molecule has 0 saturated carbocycles. The number of aliphatic hydroxyl groups excluding tert-OH is 2. The summed E-state index contributed by atoms with van der Waals surface area (Å²) in [5.74, 6) is 0. The first-order chi connectivity index (χ1) is 6.77. The highest BCUT2D eigenvalue weighted by Crippen LogP contribution is 2.16. The van der Waals surface area contributed by atoms with E-state index in [1.165, 1.54) is 19.3 Å². The van der Waals surface area contributed by atoms with Gasteiger partial charge in [-0.2, -0.15) is 0 Å². The molecule has 0 aromatic rings. The molecule has 3 heteroatoms. The van der Waals surface area contributed by atoms with Crippen LogP contribution in [-0.4, -0.2) is 47.0 Å². The fourth-order valence-electron chi connectivity index (χ4n) is 2.08. The number of hydrogen-bond acceptors (Lipinski definition) is 3. The zero-order chi connectivity index (χ0) is 10.4. The molecule has 0 bridgehead atoms. The van der Waals surface area contributed by atoms with Gasteiger partial charge in [-0.05, 0) is 25.8 Å². The minimum atomic E-state index is -0.234. The van der Waals surface area contributed by atoms with E-state index in [9.17, 15) is 10.2 Å². The highest BCUT2D eigenvalue weighted by atomic mass is 16.3. The predicted molar refractivity (Wildman–Crippen MR) is 57.2 cm³/mol. The van der Waals surface area contributed by atoms with Crippen molar-refractivity contribution in [2.24, 2.45) is 0 Å². The van der Waals surface area contributed by atoms with Gasteiger partial charge in [-0.3, -0.25) is 4.90 Å². The van der Waals surface area contributed by atoms with Crippen molar-refractivity contribution in [3.05, 3.63) is 0 Å². The van der Waals surface area contributed by atoms with E-state index >= 15 is 0 Å². The number of rotatable bonds is 4. The van der Waals surface area contributed by atoms with Crippen molar-refractivity contribution in [3.63, 3.8) is 0 Å². The van der Waals surface area contributed by atoms with Gasteiger partial charge in [0.1, 0.15) is 0 Å². The molecule has 1 fully saturated rings. The summed E-state index contributed by atoms with van der Waals surface area (Å²) in [4.78, 5) is 2.25. The van der Waals surface area contributed by atoms with Crippen molar-refractivity contribution in [2.75, 3.05) is 19.7 Å². The molecule has 0 aliphatic carbocycles. The maximum atomic E-state index is 9.59. The van der Waals surface area contributed by atoms with Crippen LogP contribution in [0.25, 0.3) is 0 Å². The molecule has 0 aromatic heterocycles. The lowest BCUT2D eigenvalue weighted by atomic mass is 10.1. The van der Waals surface area contributed by atoms with E-state index in [1.54, 1.807) is 0 Å². The van der Waals surface area contributed by atoms with Crippen molar-refractivity contribution in [3.8, 4) is 0 Å². The van der Waals surface area contributed by atoms with Crippen LogP contribution in [0.2, 0.25) is 0 Å². The van der Waals surface area contributed by atoms with E-state index in [0.717, 1.165) is 25.9 Å². The molecule has 14 heavy (non-hydrogen) atoms. The topological polar surface area (TPSA) is 43.7 Å². The first-order valence-corrected chi connectivity index (χ1v) is 5.81. The number of aliphatic hydroxyl groups is 2. The van der Waals surface area contributed by atoms with E-state index < -0.39 is 0 Å². The smallest absolute Gasteiger partial charge is 0.0664 e. The molecule has 1 aliphatic heterocycles. The van der Waals surface area contributed by atoms with Crippen LogP contribution in [-0.2, 0) is 0 Å². The Morgan fingerprint density at radius 3 is 2.79 bits per heavy atom. The summed E-state index contributed by atoms with van der Waals surface area (Å²) >= 11 is 0. The second-order valence-electron chi connectivity index (χ2n) is 4.24. The van der Waals surface area contributed by atoms with Crippen molar-refractivity contribution in [2.45, 2.75) is 51.2 Å². The molecule has 2 unspecified atom stereocenters. The summed E-state index contributed by atoms with van der Waals surface area (Å²) in [5, 5.41) is 18.8. The number of hydrogen-bond donors (Lipinski definition) is 2. The maximum Gasteiger partial charge on any atom is 0.0664 e. The Bertz CT molecular complexity index is 152. The molecule has 2 N–H and O–H groups in total. The lowest BCUT2D eigenvalue weighted by Gasteiger charge is -2.30. The normalized spacial score (nSPS) is 27.2. The molecule has 2 atom stereocenters. The molecule has 1 aliphatic rings. The molecule has 0 radical (unpaired) electrons. The van der Waals surface area contributed by atoms with Crippen LogP contribution >= 0.6 is 0 Å². The summed E-state index contributed by atoms with van der Waals surface area (Å²) in [7, 11) is 0. The van der Waals surface area contributed by atoms with E-state index in [2.05, 4.69) is 4.90 Å². The molecular formula is C11H23NO2. The zero-order valence-corrected chi connectivity index (χ0v) is 9.15. The summed E-state index contributed by atoms with van der Waals surface area (Å²) in [6.07, 6.45) is 5.32. The fourth-order valence-corrected chi connectivity index (χ4v) is 2.08. The quantitative estimate of drug-likeness (QED) is 0.713. The van der Waals surface area contributed by atoms with Gasteiger partial charge in [-0.15, -0.1) is 0 Å². The number of β-amino-alcohol motifs (C(OH)–C–C–N with tert-alkyl or cyclic N) is 1. The Kier molecular flexibility index (Phi) is 5.45. The lowest BCUT2D eigenvalue weighted by molar-refractivity contribution is 0.0623. The van der Waals surface area contributed by atoms with Gasteiger partial charge in [-0.1, -0.05) is 19.8 Å². The Hall–Kier alpha value is -0.120. The van der Waals surface area contributed by atoms with E-state index in [-0.39, 0.29) is 18.8 Å². The van der Waals surface area contributed by atoms with Gasteiger partial charge < -0.3 is 10.2 Å². The van der Waals surface area contributed by atoms with Crippen LogP contribution in [0.15, 0.2) is 0 Å². The van der Waals surface area contributed by atoms with Crippen molar-refractivity contribution >= 4 is 0 Å². The average Bonchev–Trinajstić information content (AvgIpc) is 2.42. The van der Waals surface area contributed by atoms with Gasteiger partial charge in [0.2, 0.25) is 0 Å². The molecule has 1 saturated heterocycles. The van der Waals surface area contributed by atoms with E-state index in [4.69, 9.17) is 0 Å². The fraction of sp³-hybridized carbons (Fsp3) is 1.00. The highest BCUT2D eigenvalue weighted by Gasteiger charge is 2.21. The Morgan fingerprint density at radius 1 is 1.36 bits per heavy atom. The SMILES string of the molecule is CCC(O)CN1CCCCCC1CO. The van der Waals surface area contributed by atoms with Gasteiger partial charge in [0, 0.05) is 12.6 Å². The van der Waals surface area contributed by atoms with Gasteiger partial charge in [-0.25, -0.2) is 0 Å². The molecule has 84 valence electrons. The minimum absolute atomic E-state index is 0.233. The van der Waals surface area contributed by atoms with E-state index in [0.29, 0.717) is 0 Å². The van der Waals surface area contributed by atoms with Crippen LogP contribution in [0, 0.1) is 0 Å². The molecule has 0 amide bonds. The Balaban J connectivity index is 2.43. The third-order valence-corrected chi connectivity index (χ3v) is 3.13. The lowest BCUT2D eigenvalue weighted by Crippen LogP contribution is -2.42. The van der Waals surface area contributed by atoms with Crippen LogP contribution < -0.4 is 0 Å². The van der Waals surface area contributed by atoms with Crippen LogP contribution in [0.5, 0.6) is 0 Å². The number of likely N-dealkylation sites (tertiary alicyclic amines) is 1.